The highest BCUT2D eigenvalue weighted by molar-refractivity contribution is 7.99. The van der Waals surface area contributed by atoms with Gasteiger partial charge in [-0.2, -0.15) is 0 Å². The molecule has 1 N–H and O–H groups in total. The van der Waals surface area contributed by atoms with Gasteiger partial charge in [0.05, 0.1) is 16.0 Å². The molecule has 2 aromatic heterocycles. The normalized spacial score (nSPS) is 14.5. The van der Waals surface area contributed by atoms with Crippen molar-refractivity contribution in [3.8, 4) is 10.6 Å². The van der Waals surface area contributed by atoms with Gasteiger partial charge in [0, 0.05) is 24.7 Å². The lowest BCUT2D eigenvalue weighted by Crippen LogP contribution is -2.14. The molecule has 4 aromatic rings. The number of thiazole rings is 1. The Labute approximate surface area is 214 Å². The van der Waals surface area contributed by atoms with E-state index in [0.717, 1.165) is 45.1 Å². The fourth-order valence-corrected chi connectivity index (χ4v) is 6.48. The lowest BCUT2D eigenvalue weighted by atomic mass is 9.86. The Morgan fingerprint density at radius 3 is 2.71 bits per heavy atom. The zero-order valence-corrected chi connectivity index (χ0v) is 21.9. The highest BCUT2D eigenvalue weighted by Gasteiger charge is 2.16. The number of thioether (sulfide) groups is 1. The first-order chi connectivity index (χ1) is 17.0. The van der Waals surface area contributed by atoms with Crippen molar-refractivity contribution in [3.63, 3.8) is 0 Å². The number of amides is 1. The fourth-order valence-electron chi connectivity index (χ4n) is 4.68. The lowest BCUT2D eigenvalue weighted by molar-refractivity contribution is -0.113. The Bertz CT molecular complexity index is 1310. The van der Waals surface area contributed by atoms with E-state index in [4.69, 9.17) is 4.98 Å². The smallest absolute Gasteiger partial charge is 0.234 e. The van der Waals surface area contributed by atoms with E-state index in [9.17, 15) is 4.79 Å². The summed E-state index contributed by atoms with van der Waals surface area (Å²) in [6, 6.07) is 14.2. The molecule has 0 radical (unpaired) electrons. The minimum Gasteiger partial charge on any atom is -0.325 e. The third kappa shape index (κ3) is 5.93. The van der Waals surface area contributed by atoms with Crippen LogP contribution in [-0.4, -0.2) is 31.4 Å². The van der Waals surface area contributed by atoms with Crippen molar-refractivity contribution in [2.24, 2.45) is 13.0 Å². The molecule has 2 aromatic carbocycles. The van der Waals surface area contributed by atoms with Crippen molar-refractivity contribution in [1.82, 2.24) is 19.7 Å². The van der Waals surface area contributed by atoms with Crippen LogP contribution in [-0.2, 0) is 18.3 Å². The van der Waals surface area contributed by atoms with Gasteiger partial charge < -0.3 is 9.88 Å². The molecule has 5 rings (SSSR count). The monoisotopic (exact) mass is 505 g/mol. The van der Waals surface area contributed by atoms with Gasteiger partial charge in [0.2, 0.25) is 5.91 Å². The van der Waals surface area contributed by atoms with Gasteiger partial charge in [-0.05, 0) is 61.2 Å². The van der Waals surface area contributed by atoms with Gasteiger partial charge in [0.25, 0.3) is 0 Å². The Morgan fingerprint density at radius 2 is 1.91 bits per heavy atom. The first-order valence-electron chi connectivity index (χ1n) is 12.3. The fraction of sp³-hybridized carbons (Fsp3) is 0.407. The number of anilines is 1. The molecule has 0 bridgehead atoms. The summed E-state index contributed by atoms with van der Waals surface area (Å²) >= 11 is 3.12. The minimum absolute atomic E-state index is 0.0510. The number of nitrogens with zero attached hydrogens (tertiary/aromatic N) is 4. The van der Waals surface area contributed by atoms with Crippen molar-refractivity contribution < 1.29 is 4.79 Å². The van der Waals surface area contributed by atoms with E-state index < -0.39 is 0 Å². The number of hydrogen-bond donors (Lipinski definition) is 1. The van der Waals surface area contributed by atoms with Crippen LogP contribution in [0.3, 0.4) is 0 Å². The summed E-state index contributed by atoms with van der Waals surface area (Å²) in [5.74, 6) is 2.09. The van der Waals surface area contributed by atoms with Crippen LogP contribution in [0.15, 0.2) is 47.6 Å². The van der Waals surface area contributed by atoms with Crippen molar-refractivity contribution in [2.75, 3.05) is 11.1 Å². The molecule has 35 heavy (non-hydrogen) atoms. The molecule has 0 spiro atoms. The lowest BCUT2D eigenvalue weighted by Gasteiger charge is -2.20. The molecule has 1 aliphatic carbocycles. The molecule has 8 heteroatoms. The molecule has 2 heterocycles. The second kappa shape index (κ2) is 10.9. The molecule has 1 fully saturated rings. The quantitative estimate of drug-likeness (QED) is 0.272. The van der Waals surface area contributed by atoms with Crippen LogP contribution >= 0.6 is 23.1 Å². The van der Waals surface area contributed by atoms with Gasteiger partial charge >= 0.3 is 0 Å². The summed E-state index contributed by atoms with van der Waals surface area (Å²) < 4.78 is 3.23. The number of nitrogens with one attached hydrogen (secondary N) is 1. The average Bonchev–Trinajstić information content (AvgIpc) is 3.45. The second-order valence-electron chi connectivity index (χ2n) is 9.40. The van der Waals surface area contributed by atoms with Crippen LogP contribution in [0, 0.1) is 12.8 Å². The molecule has 6 nitrogen and oxygen atoms in total. The summed E-state index contributed by atoms with van der Waals surface area (Å²) in [4.78, 5) is 17.3. The Balaban J connectivity index is 1.13. The molecule has 0 aliphatic heterocycles. The third-order valence-electron chi connectivity index (χ3n) is 6.72. The molecular formula is C27H31N5OS2. The van der Waals surface area contributed by atoms with E-state index in [2.05, 4.69) is 40.6 Å². The number of fused-ring (bicyclic) bond motifs is 1. The van der Waals surface area contributed by atoms with E-state index in [0.29, 0.717) is 5.75 Å². The molecule has 1 saturated carbocycles. The van der Waals surface area contributed by atoms with Crippen LogP contribution in [0.5, 0.6) is 0 Å². The number of rotatable bonds is 8. The maximum atomic E-state index is 12.5. The van der Waals surface area contributed by atoms with Crippen molar-refractivity contribution in [1.29, 1.82) is 0 Å². The Hall–Kier alpha value is -2.71. The van der Waals surface area contributed by atoms with E-state index in [1.165, 1.54) is 60.6 Å². The van der Waals surface area contributed by atoms with E-state index >= 15 is 0 Å². The summed E-state index contributed by atoms with van der Waals surface area (Å²) in [6.45, 7) is 2.09. The summed E-state index contributed by atoms with van der Waals surface area (Å²) in [5.41, 5.74) is 4.09. The highest BCUT2D eigenvalue weighted by atomic mass is 32.2. The minimum atomic E-state index is -0.0510. The Kier molecular flexibility index (Phi) is 7.48. The van der Waals surface area contributed by atoms with Crippen molar-refractivity contribution in [3.05, 3.63) is 53.9 Å². The average molecular weight is 506 g/mol. The van der Waals surface area contributed by atoms with E-state index in [-0.39, 0.29) is 5.91 Å². The van der Waals surface area contributed by atoms with Gasteiger partial charge in [0.1, 0.15) is 10.8 Å². The molecule has 0 unspecified atom stereocenters. The summed E-state index contributed by atoms with van der Waals surface area (Å²) in [6.07, 6.45) is 8.96. The maximum absolute atomic E-state index is 12.5. The molecule has 0 saturated heterocycles. The topological polar surface area (TPSA) is 72.7 Å². The number of benzene rings is 2. The SMILES string of the molecule is Cc1ccc2nc(-c3ccc(NC(=O)CSc4nnc(CCC5CCCCC5)n4C)cc3)sc2c1. The highest BCUT2D eigenvalue weighted by Crippen LogP contribution is 2.31. The standard InChI is InChI=1S/C27H31N5OS2/c1-18-8-14-22-23(16-18)35-26(29-22)20-10-12-21(13-11-20)28-25(33)17-34-27-31-30-24(32(27)2)15-9-19-6-4-3-5-7-19/h8,10-14,16,19H,3-7,9,15,17H2,1-2H3,(H,28,33). The molecule has 0 atom stereocenters. The van der Waals surface area contributed by atoms with Crippen LogP contribution < -0.4 is 5.32 Å². The van der Waals surface area contributed by atoms with Gasteiger partial charge in [-0.1, -0.05) is 49.9 Å². The molecular weight excluding hydrogens is 474 g/mol. The van der Waals surface area contributed by atoms with Crippen molar-refractivity contribution >= 4 is 44.9 Å². The predicted molar refractivity (Wildman–Crippen MR) is 145 cm³/mol. The number of carbonyl (C=O) groups excluding carboxylic acids is 1. The predicted octanol–water partition coefficient (Wildman–Crippen LogP) is 6.64. The van der Waals surface area contributed by atoms with Crippen LogP contribution in [0.4, 0.5) is 5.69 Å². The molecule has 182 valence electrons. The number of aromatic nitrogens is 4. The zero-order chi connectivity index (χ0) is 24.2. The van der Waals surface area contributed by atoms with E-state index in [1.54, 1.807) is 11.3 Å². The van der Waals surface area contributed by atoms with Crippen LogP contribution in [0.2, 0.25) is 0 Å². The van der Waals surface area contributed by atoms with Gasteiger partial charge in [-0.25, -0.2) is 4.98 Å². The van der Waals surface area contributed by atoms with Crippen LogP contribution in [0.25, 0.3) is 20.8 Å². The van der Waals surface area contributed by atoms with Gasteiger partial charge in [0.15, 0.2) is 5.16 Å². The number of hydrogen-bond acceptors (Lipinski definition) is 6. The largest absolute Gasteiger partial charge is 0.325 e. The maximum Gasteiger partial charge on any atom is 0.234 e. The van der Waals surface area contributed by atoms with E-state index in [1.807, 2.05) is 35.9 Å². The van der Waals surface area contributed by atoms with Crippen molar-refractivity contribution in [2.45, 2.75) is 57.0 Å². The summed E-state index contributed by atoms with van der Waals surface area (Å²) in [5, 5.41) is 13.5. The van der Waals surface area contributed by atoms with Gasteiger partial charge in [-0.3, -0.25) is 4.79 Å². The molecule has 1 aliphatic rings. The molecule has 1 amide bonds. The number of carbonyl (C=O) groups is 1. The zero-order valence-electron chi connectivity index (χ0n) is 20.3. The first kappa shape index (κ1) is 24.0. The van der Waals surface area contributed by atoms with Gasteiger partial charge in [-0.15, -0.1) is 21.5 Å². The Morgan fingerprint density at radius 1 is 1.11 bits per heavy atom. The first-order valence-corrected chi connectivity index (χ1v) is 14.1. The third-order valence-corrected chi connectivity index (χ3v) is 8.81. The second-order valence-corrected chi connectivity index (χ2v) is 11.4. The van der Waals surface area contributed by atoms with Crippen LogP contribution in [0.1, 0.15) is 49.9 Å². The number of aryl methyl sites for hydroxylation is 2. The summed E-state index contributed by atoms with van der Waals surface area (Å²) in [7, 11) is 2.00.